The summed E-state index contributed by atoms with van der Waals surface area (Å²) in [5.41, 5.74) is 1.00. The van der Waals surface area contributed by atoms with E-state index in [0.717, 1.165) is 5.56 Å². The molecule has 1 heterocycles. The molecule has 0 amide bonds. The minimum atomic E-state index is -4.04. The first-order valence-electron chi connectivity index (χ1n) is 6.78. The SMILES string of the molecule is COc1ccc(CNC2CCC(C(F)(F)F)CC2)cn1. The van der Waals surface area contributed by atoms with Crippen molar-refractivity contribution >= 4 is 0 Å². The molecule has 1 aliphatic rings. The fourth-order valence-electron chi connectivity index (χ4n) is 2.52. The third kappa shape index (κ3) is 4.10. The molecule has 0 spiro atoms. The second-order valence-corrected chi connectivity index (χ2v) is 5.18. The molecule has 1 fully saturated rings. The van der Waals surface area contributed by atoms with Gasteiger partial charge in [0.15, 0.2) is 0 Å². The van der Waals surface area contributed by atoms with Gasteiger partial charge in [-0.15, -0.1) is 0 Å². The number of rotatable bonds is 4. The molecular formula is C14H19F3N2O. The molecule has 6 heteroatoms. The maximum absolute atomic E-state index is 12.6. The van der Waals surface area contributed by atoms with E-state index in [2.05, 4.69) is 10.3 Å². The Balaban J connectivity index is 1.75. The number of methoxy groups -OCH3 is 1. The van der Waals surface area contributed by atoms with Gasteiger partial charge in [-0.1, -0.05) is 6.07 Å². The van der Waals surface area contributed by atoms with E-state index in [-0.39, 0.29) is 18.9 Å². The molecule has 0 atom stereocenters. The Bertz CT molecular complexity index is 411. The molecule has 0 radical (unpaired) electrons. The van der Waals surface area contributed by atoms with E-state index < -0.39 is 12.1 Å². The van der Waals surface area contributed by atoms with Crippen LogP contribution in [0, 0.1) is 5.92 Å². The van der Waals surface area contributed by atoms with Crippen LogP contribution in [0.25, 0.3) is 0 Å². The topological polar surface area (TPSA) is 34.1 Å². The van der Waals surface area contributed by atoms with E-state index in [4.69, 9.17) is 4.74 Å². The van der Waals surface area contributed by atoms with Crippen molar-refractivity contribution in [2.75, 3.05) is 7.11 Å². The third-order valence-electron chi connectivity index (χ3n) is 3.79. The highest BCUT2D eigenvalue weighted by molar-refractivity contribution is 5.17. The monoisotopic (exact) mass is 288 g/mol. The van der Waals surface area contributed by atoms with Crippen molar-refractivity contribution in [2.24, 2.45) is 5.92 Å². The molecule has 0 aromatic carbocycles. The van der Waals surface area contributed by atoms with Crippen LogP contribution in [0.1, 0.15) is 31.2 Å². The summed E-state index contributed by atoms with van der Waals surface area (Å²) in [6.45, 7) is 0.623. The molecule has 1 aliphatic carbocycles. The van der Waals surface area contributed by atoms with E-state index in [9.17, 15) is 13.2 Å². The largest absolute Gasteiger partial charge is 0.481 e. The molecule has 1 N–H and O–H groups in total. The summed E-state index contributed by atoms with van der Waals surface area (Å²) in [5, 5.41) is 3.30. The van der Waals surface area contributed by atoms with Gasteiger partial charge in [-0.25, -0.2) is 4.98 Å². The van der Waals surface area contributed by atoms with Crippen LogP contribution in [-0.2, 0) is 6.54 Å². The Morgan fingerprint density at radius 1 is 1.25 bits per heavy atom. The van der Waals surface area contributed by atoms with Crippen LogP contribution in [0.5, 0.6) is 5.88 Å². The zero-order chi connectivity index (χ0) is 14.6. The smallest absolute Gasteiger partial charge is 0.391 e. The highest BCUT2D eigenvalue weighted by Crippen LogP contribution is 2.37. The number of aromatic nitrogens is 1. The molecule has 20 heavy (non-hydrogen) atoms. The van der Waals surface area contributed by atoms with E-state index in [1.54, 1.807) is 19.4 Å². The molecule has 1 aromatic rings. The molecule has 3 nitrogen and oxygen atoms in total. The van der Waals surface area contributed by atoms with Crippen LogP contribution in [-0.4, -0.2) is 24.3 Å². The predicted molar refractivity (Wildman–Crippen MR) is 69.4 cm³/mol. The predicted octanol–water partition coefficient (Wildman–Crippen LogP) is 3.30. The van der Waals surface area contributed by atoms with Crippen LogP contribution in [0.4, 0.5) is 13.2 Å². The van der Waals surface area contributed by atoms with Gasteiger partial charge < -0.3 is 10.1 Å². The fraction of sp³-hybridized carbons (Fsp3) is 0.643. The van der Waals surface area contributed by atoms with Crippen molar-refractivity contribution < 1.29 is 17.9 Å². The van der Waals surface area contributed by atoms with E-state index in [0.29, 0.717) is 25.3 Å². The fourth-order valence-corrected chi connectivity index (χ4v) is 2.52. The van der Waals surface area contributed by atoms with Gasteiger partial charge in [0.2, 0.25) is 5.88 Å². The molecule has 0 unspecified atom stereocenters. The second-order valence-electron chi connectivity index (χ2n) is 5.18. The van der Waals surface area contributed by atoms with E-state index in [1.807, 2.05) is 6.07 Å². The molecule has 0 aliphatic heterocycles. The first-order chi connectivity index (χ1) is 9.49. The number of ether oxygens (including phenoxy) is 1. The molecular weight excluding hydrogens is 269 g/mol. The summed E-state index contributed by atoms with van der Waals surface area (Å²) in [4.78, 5) is 4.09. The minimum absolute atomic E-state index is 0.163. The zero-order valence-corrected chi connectivity index (χ0v) is 11.4. The molecule has 0 bridgehead atoms. The molecule has 112 valence electrons. The second kappa shape index (κ2) is 6.43. The van der Waals surface area contributed by atoms with Gasteiger partial charge in [-0.2, -0.15) is 13.2 Å². The molecule has 0 saturated heterocycles. The normalized spacial score (nSPS) is 23.6. The quantitative estimate of drug-likeness (QED) is 0.923. The van der Waals surface area contributed by atoms with Gasteiger partial charge in [-0.3, -0.25) is 0 Å². The van der Waals surface area contributed by atoms with Crippen molar-refractivity contribution in [2.45, 2.75) is 44.4 Å². The number of alkyl halides is 3. The minimum Gasteiger partial charge on any atom is -0.481 e. The van der Waals surface area contributed by atoms with Gasteiger partial charge in [0.05, 0.1) is 13.0 Å². The number of hydrogen-bond donors (Lipinski definition) is 1. The highest BCUT2D eigenvalue weighted by Gasteiger charge is 2.41. The van der Waals surface area contributed by atoms with Gasteiger partial charge in [0, 0.05) is 24.8 Å². The summed E-state index contributed by atoms with van der Waals surface area (Å²) in [6.07, 6.45) is -0.719. The van der Waals surface area contributed by atoms with Crippen LogP contribution >= 0.6 is 0 Å². The summed E-state index contributed by atoms with van der Waals surface area (Å²) >= 11 is 0. The molecule has 2 rings (SSSR count). The van der Waals surface area contributed by atoms with E-state index >= 15 is 0 Å². The van der Waals surface area contributed by atoms with Gasteiger partial charge in [-0.05, 0) is 31.2 Å². The number of nitrogens with one attached hydrogen (secondary N) is 1. The van der Waals surface area contributed by atoms with Gasteiger partial charge in [0.25, 0.3) is 0 Å². The standard InChI is InChI=1S/C14H19F3N2O/c1-20-13-7-2-10(9-19-13)8-18-12-5-3-11(4-6-12)14(15,16)17/h2,7,9,11-12,18H,3-6,8H2,1H3. The Morgan fingerprint density at radius 2 is 1.95 bits per heavy atom. The maximum Gasteiger partial charge on any atom is 0.391 e. The van der Waals surface area contributed by atoms with Crippen molar-refractivity contribution in [1.29, 1.82) is 0 Å². The summed E-state index contributed by atoms with van der Waals surface area (Å²) < 4.78 is 42.6. The summed E-state index contributed by atoms with van der Waals surface area (Å²) in [5.74, 6) is -0.567. The highest BCUT2D eigenvalue weighted by atomic mass is 19.4. The first-order valence-corrected chi connectivity index (χ1v) is 6.78. The number of hydrogen-bond acceptors (Lipinski definition) is 3. The number of halogens is 3. The maximum atomic E-state index is 12.6. The third-order valence-corrected chi connectivity index (χ3v) is 3.79. The first kappa shape index (κ1) is 15.1. The summed E-state index contributed by atoms with van der Waals surface area (Å²) in [7, 11) is 1.55. The average Bonchev–Trinajstić information content (AvgIpc) is 2.45. The average molecular weight is 288 g/mol. The van der Waals surface area contributed by atoms with E-state index in [1.165, 1.54) is 0 Å². The van der Waals surface area contributed by atoms with Crippen molar-refractivity contribution in [3.8, 4) is 5.88 Å². The van der Waals surface area contributed by atoms with Gasteiger partial charge >= 0.3 is 6.18 Å². The lowest BCUT2D eigenvalue weighted by Crippen LogP contribution is -2.36. The Morgan fingerprint density at radius 3 is 2.45 bits per heavy atom. The van der Waals surface area contributed by atoms with Crippen LogP contribution in [0.3, 0.4) is 0 Å². The van der Waals surface area contributed by atoms with Crippen LogP contribution in [0.15, 0.2) is 18.3 Å². The van der Waals surface area contributed by atoms with Crippen molar-refractivity contribution in [3.05, 3.63) is 23.9 Å². The Hall–Kier alpha value is -1.30. The Labute approximate surface area is 116 Å². The summed E-state index contributed by atoms with van der Waals surface area (Å²) in [6, 6.07) is 3.84. The van der Waals surface area contributed by atoms with Crippen molar-refractivity contribution in [3.63, 3.8) is 0 Å². The lowest BCUT2D eigenvalue weighted by molar-refractivity contribution is -0.182. The van der Waals surface area contributed by atoms with Gasteiger partial charge in [0.1, 0.15) is 0 Å². The Kier molecular flexibility index (Phi) is 4.86. The van der Waals surface area contributed by atoms with Crippen LogP contribution < -0.4 is 10.1 Å². The molecule has 1 aromatic heterocycles. The van der Waals surface area contributed by atoms with Crippen molar-refractivity contribution in [1.82, 2.24) is 10.3 Å². The zero-order valence-electron chi connectivity index (χ0n) is 11.4. The number of nitrogens with zero attached hydrogens (tertiary/aromatic N) is 1. The van der Waals surface area contributed by atoms with Crippen LogP contribution in [0.2, 0.25) is 0 Å². The lowest BCUT2D eigenvalue weighted by Gasteiger charge is -2.30. The lowest BCUT2D eigenvalue weighted by atomic mass is 9.85. The molecule has 1 saturated carbocycles. The number of pyridine rings is 1.